The average Bonchev–Trinajstić information content (AvgIpc) is 2.99. The topological polar surface area (TPSA) is 73.5 Å². The molecule has 0 radical (unpaired) electrons. The van der Waals surface area contributed by atoms with Gasteiger partial charge in [-0.2, -0.15) is 5.10 Å². The predicted octanol–water partition coefficient (Wildman–Crippen LogP) is 1.77. The molecule has 0 aliphatic heterocycles. The smallest absolute Gasteiger partial charge is 0.209 e. The van der Waals surface area contributed by atoms with Gasteiger partial charge in [0.1, 0.15) is 0 Å². The molecule has 2 rings (SSSR count). The Hall–Kier alpha value is -0.930. The Balaban J connectivity index is 1.93. The fraction of sp³-hybridized carbons (Fsp3) is 0.667. The standard InChI is InChI=1S/C12H20BrN7S/c1-4-5-14-6-7-20-12(15-17-18-20)21-8-10-11(13)9(2)16-19(10)3/h14H,4-8H2,1-3H3. The maximum absolute atomic E-state index is 4.39. The summed E-state index contributed by atoms with van der Waals surface area (Å²) in [7, 11) is 1.95. The van der Waals surface area contributed by atoms with E-state index in [2.05, 4.69) is 48.8 Å². The van der Waals surface area contributed by atoms with E-state index in [1.54, 1.807) is 11.8 Å². The van der Waals surface area contributed by atoms with E-state index in [-0.39, 0.29) is 0 Å². The number of nitrogens with zero attached hydrogens (tertiary/aromatic N) is 6. The SMILES string of the molecule is CCCNCCn1nnnc1SCc1c(Br)c(C)nn1C. The van der Waals surface area contributed by atoms with Gasteiger partial charge < -0.3 is 5.32 Å². The van der Waals surface area contributed by atoms with Crippen molar-refractivity contribution in [3.05, 3.63) is 15.9 Å². The van der Waals surface area contributed by atoms with Crippen LogP contribution in [0.2, 0.25) is 0 Å². The van der Waals surface area contributed by atoms with E-state index in [9.17, 15) is 0 Å². The molecule has 1 N–H and O–H groups in total. The Morgan fingerprint density at radius 3 is 2.81 bits per heavy atom. The molecule has 0 bridgehead atoms. The quantitative estimate of drug-likeness (QED) is 0.561. The van der Waals surface area contributed by atoms with Gasteiger partial charge in [-0.05, 0) is 46.2 Å². The van der Waals surface area contributed by atoms with Crippen LogP contribution in [0.3, 0.4) is 0 Å². The third kappa shape index (κ3) is 4.27. The first kappa shape index (κ1) is 16.4. The van der Waals surface area contributed by atoms with Crippen LogP contribution in [0.1, 0.15) is 24.7 Å². The van der Waals surface area contributed by atoms with Crippen molar-refractivity contribution in [2.75, 3.05) is 13.1 Å². The van der Waals surface area contributed by atoms with Crippen LogP contribution in [0.25, 0.3) is 0 Å². The van der Waals surface area contributed by atoms with Gasteiger partial charge in [-0.3, -0.25) is 4.68 Å². The Morgan fingerprint density at radius 1 is 1.33 bits per heavy atom. The second-order valence-corrected chi connectivity index (χ2v) is 6.43. The highest BCUT2D eigenvalue weighted by atomic mass is 79.9. The van der Waals surface area contributed by atoms with Crippen LogP contribution in [0, 0.1) is 6.92 Å². The van der Waals surface area contributed by atoms with Crippen LogP contribution >= 0.6 is 27.7 Å². The molecule has 0 atom stereocenters. The van der Waals surface area contributed by atoms with Crippen molar-refractivity contribution in [2.24, 2.45) is 7.05 Å². The van der Waals surface area contributed by atoms with Crippen LogP contribution in [0.4, 0.5) is 0 Å². The lowest BCUT2D eigenvalue weighted by Gasteiger charge is -2.06. The largest absolute Gasteiger partial charge is 0.315 e. The molecule has 0 spiro atoms. The summed E-state index contributed by atoms with van der Waals surface area (Å²) in [4.78, 5) is 0. The van der Waals surface area contributed by atoms with Gasteiger partial charge in [-0.25, -0.2) is 4.68 Å². The number of hydrogen-bond donors (Lipinski definition) is 1. The molecule has 0 saturated carbocycles. The Labute approximate surface area is 137 Å². The zero-order chi connectivity index (χ0) is 15.2. The van der Waals surface area contributed by atoms with E-state index in [1.165, 1.54) is 0 Å². The minimum atomic E-state index is 0.778. The predicted molar refractivity (Wildman–Crippen MR) is 86.2 cm³/mol. The summed E-state index contributed by atoms with van der Waals surface area (Å²) in [6, 6.07) is 0. The molecule has 21 heavy (non-hydrogen) atoms. The van der Waals surface area contributed by atoms with Crippen molar-refractivity contribution in [1.29, 1.82) is 0 Å². The number of halogens is 1. The number of aryl methyl sites for hydroxylation is 2. The van der Waals surface area contributed by atoms with Gasteiger partial charge in [0.2, 0.25) is 5.16 Å². The zero-order valence-corrected chi connectivity index (χ0v) is 14.9. The maximum Gasteiger partial charge on any atom is 0.209 e. The molecular formula is C12H20BrN7S. The summed E-state index contributed by atoms with van der Waals surface area (Å²) < 4.78 is 4.79. The van der Waals surface area contributed by atoms with Crippen molar-refractivity contribution < 1.29 is 0 Å². The second-order valence-electron chi connectivity index (χ2n) is 4.69. The van der Waals surface area contributed by atoms with E-state index in [4.69, 9.17) is 0 Å². The van der Waals surface area contributed by atoms with Gasteiger partial charge in [0.05, 0.1) is 22.4 Å². The lowest BCUT2D eigenvalue weighted by Crippen LogP contribution is -2.21. The summed E-state index contributed by atoms with van der Waals surface area (Å²) in [6.07, 6.45) is 1.13. The van der Waals surface area contributed by atoms with Gasteiger partial charge in [0.25, 0.3) is 0 Å². The minimum Gasteiger partial charge on any atom is -0.315 e. The maximum atomic E-state index is 4.39. The van der Waals surface area contributed by atoms with E-state index >= 15 is 0 Å². The molecule has 2 aromatic heterocycles. The third-order valence-corrected chi connectivity index (χ3v) is 5.03. The minimum absolute atomic E-state index is 0.778. The molecule has 7 nitrogen and oxygen atoms in total. The van der Waals surface area contributed by atoms with Gasteiger partial charge in [-0.1, -0.05) is 18.7 Å². The number of nitrogens with one attached hydrogen (secondary N) is 1. The Bertz CT molecular complexity index is 580. The Morgan fingerprint density at radius 2 is 2.14 bits per heavy atom. The van der Waals surface area contributed by atoms with Gasteiger partial charge in [-0.15, -0.1) is 5.10 Å². The van der Waals surface area contributed by atoms with E-state index in [1.807, 2.05) is 23.3 Å². The normalized spacial score (nSPS) is 11.2. The summed E-state index contributed by atoms with van der Waals surface area (Å²) in [5.41, 5.74) is 2.13. The fourth-order valence-electron chi connectivity index (χ4n) is 1.90. The number of thioether (sulfide) groups is 1. The second kappa shape index (κ2) is 7.90. The molecular weight excluding hydrogens is 354 g/mol. The number of aromatic nitrogens is 6. The highest BCUT2D eigenvalue weighted by molar-refractivity contribution is 9.10. The molecule has 0 unspecified atom stereocenters. The zero-order valence-electron chi connectivity index (χ0n) is 12.5. The van der Waals surface area contributed by atoms with Gasteiger partial charge >= 0.3 is 0 Å². The Kier molecular flexibility index (Phi) is 6.19. The summed E-state index contributed by atoms with van der Waals surface area (Å²) in [5, 5.41) is 20.5. The van der Waals surface area contributed by atoms with Crippen LogP contribution < -0.4 is 5.32 Å². The summed E-state index contributed by atoms with van der Waals surface area (Å²) in [5.74, 6) is 0.778. The fourth-order valence-corrected chi connectivity index (χ4v) is 3.53. The first-order valence-corrected chi connectivity index (χ1v) is 8.69. The van der Waals surface area contributed by atoms with E-state index in [0.29, 0.717) is 0 Å². The molecule has 0 aromatic carbocycles. The third-order valence-electron chi connectivity index (χ3n) is 3.03. The van der Waals surface area contributed by atoms with Crippen molar-refractivity contribution in [3.8, 4) is 0 Å². The number of tetrazole rings is 1. The highest BCUT2D eigenvalue weighted by Gasteiger charge is 2.13. The van der Waals surface area contributed by atoms with Crippen LogP contribution in [-0.4, -0.2) is 43.1 Å². The highest BCUT2D eigenvalue weighted by Crippen LogP contribution is 2.27. The van der Waals surface area contributed by atoms with Crippen molar-refractivity contribution in [2.45, 2.75) is 37.7 Å². The van der Waals surface area contributed by atoms with Crippen molar-refractivity contribution >= 4 is 27.7 Å². The van der Waals surface area contributed by atoms with E-state index < -0.39 is 0 Å². The first-order chi connectivity index (χ1) is 10.1. The summed E-state index contributed by atoms with van der Waals surface area (Å²) in [6.45, 7) is 6.81. The molecule has 116 valence electrons. The number of rotatable bonds is 8. The molecule has 2 heterocycles. The molecule has 2 aromatic rings. The van der Waals surface area contributed by atoms with Crippen molar-refractivity contribution in [3.63, 3.8) is 0 Å². The molecule has 0 fully saturated rings. The van der Waals surface area contributed by atoms with Crippen LogP contribution in [0.15, 0.2) is 9.63 Å². The number of hydrogen-bond acceptors (Lipinski definition) is 6. The molecule has 0 amide bonds. The molecule has 0 aliphatic carbocycles. The summed E-state index contributed by atoms with van der Waals surface area (Å²) >= 11 is 5.20. The monoisotopic (exact) mass is 373 g/mol. The van der Waals surface area contributed by atoms with Gasteiger partial charge in [0.15, 0.2) is 0 Å². The van der Waals surface area contributed by atoms with Crippen LogP contribution in [-0.2, 0) is 19.3 Å². The van der Waals surface area contributed by atoms with Gasteiger partial charge in [0, 0.05) is 19.3 Å². The molecule has 0 aliphatic rings. The van der Waals surface area contributed by atoms with E-state index in [0.717, 1.165) is 52.8 Å². The molecule has 9 heteroatoms. The van der Waals surface area contributed by atoms with Crippen molar-refractivity contribution in [1.82, 2.24) is 35.3 Å². The first-order valence-electron chi connectivity index (χ1n) is 6.91. The molecule has 0 saturated heterocycles. The lowest BCUT2D eigenvalue weighted by atomic mass is 10.4. The lowest BCUT2D eigenvalue weighted by molar-refractivity contribution is 0.510. The average molecular weight is 374 g/mol. The van der Waals surface area contributed by atoms with Crippen LogP contribution in [0.5, 0.6) is 0 Å².